The summed E-state index contributed by atoms with van der Waals surface area (Å²) < 4.78 is 12.8. The summed E-state index contributed by atoms with van der Waals surface area (Å²) in [6.45, 7) is 5.71. The zero-order valence-corrected chi connectivity index (χ0v) is 19.7. The first-order chi connectivity index (χ1) is 17.2. The number of piperazine rings is 1. The number of tetrazole rings is 1. The molecule has 5 rings (SSSR count). The summed E-state index contributed by atoms with van der Waals surface area (Å²) in [5.74, 6) is 1.88. The van der Waals surface area contributed by atoms with E-state index in [4.69, 9.17) is 9.15 Å². The van der Waals surface area contributed by atoms with Gasteiger partial charge in [0, 0.05) is 26.2 Å². The zero-order chi connectivity index (χ0) is 24.0. The van der Waals surface area contributed by atoms with Crippen LogP contribution in [0.25, 0.3) is 0 Å². The van der Waals surface area contributed by atoms with Crippen molar-refractivity contribution in [2.24, 2.45) is 0 Å². The van der Waals surface area contributed by atoms with E-state index in [0.717, 1.165) is 22.7 Å². The number of carbonyl (C=O) groups is 1. The van der Waals surface area contributed by atoms with Gasteiger partial charge in [-0.15, -0.1) is 5.10 Å². The number of ether oxygens (including phenoxy) is 1. The van der Waals surface area contributed by atoms with Crippen LogP contribution in [0.4, 0.5) is 0 Å². The van der Waals surface area contributed by atoms with Crippen LogP contribution < -0.4 is 4.74 Å². The van der Waals surface area contributed by atoms with Gasteiger partial charge >= 0.3 is 0 Å². The lowest BCUT2D eigenvalue weighted by Crippen LogP contribution is -2.50. The molecule has 9 heteroatoms. The number of benzene rings is 2. The molecule has 2 aromatic heterocycles. The molecule has 0 bridgehead atoms. The number of rotatable bonds is 8. The van der Waals surface area contributed by atoms with Crippen LogP contribution in [0, 0.1) is 0 Å². The first-order valence-corrected chi connectivity index (χ1v) is 11.8. The number of furan rings is 1. The lowest BCUT2D eigenvalue weighted by atomic mass is 10.0. The molecule has 1 aliphatic heterocycles. The van der Waals surface area contributed by atoms with E-state index in [-0.39, 0.29) is 11.9 Å². The molecule has 1 amide bonds. The number of hydrogen-bond donors (Lipinski definition) is 0. The minimum atomic E-state index is -0.162. The predicted octanol–water partition coefficient (Wildman–Crippen LogP) is 3.26. The highest BCUT2D eigenvalue weighted by atomic mass is 16.5. The van der Waals surface area contributed by atoms with E-state index in [1.165, 1.54) is 6.26 Å². The molecule has 2 aromatic carbocycles. The SMILES string of the molecule is CCOc1ccc([C@@H](c2nnnn2Cc2ccccc2)N2CCN(C(=O)c3ccco3)CC2)cc1. The maximum atomic E-state index is 12.8. The molecule has 35 heavy (non-hydrogen) atoms. The lowest BCUT2D eigenvalue weighted by Gasteiger charge is -2.38. The molecule has 1 atom stereocenters. The number of carbonyl (C=O) groups excluding carboxylic acids is 1. The monoisotopic (exact) mass is 472 g/mol. The third kappa shape index (κ3) is 5.09. The lowest BCUT2D eigenvalue weighted by molar-refractivity contribution is 0.0559. The smallest absolute Gasteiger partial charge is 0.289 e. The normalized spacial score (nSPS) is 15.2. The number of nitrogens with zero attached hydrogens (tertiary/aromatic N) is 6. The van der Waals surface area contributed by atoms with E-state index in [9.17, 15) is 4.79 Å². The Morgan fingerprint density at radius 3 is 2.46 bits per heavy atom. The van der Waals surface area contributed by atoms with Crippen molar-refractivity contribution in [2.45, 2.75) is 19.5 Å². The molecule has 1 fully saturated rings. The highest BCUT2D eigenvalue weighted by Gasteiger charge is 2.32. The molecule has 180 valence electrons. The molecule has 0 radical (unpaired) electrons. The highest BCUT2D eigenvalue weighted by molar-refractivity contribution is 5.91. The summed E-state index contributed by atoms with van der Waals surface area (Å²) >= 11 is 0. The fraction of sp³-hybridized carbons (Fsp3) is 0.308. The standard InChI is InChI=1S/C26H28N6O3/c1-2-34-22-12-10-21(11-13-22)24(25-27-28-29-32(25)19-20-7-4-3-5-8-20)30-14-16-31(17-15-30)26(33)23-9-6-18-35-23/h3-13,18,24H,2,14-17,19H2,1H3/t24-/m0/s1. The molecule has 0 unspecified atom stereocenters. The van der Waals surface area contributed by atoms with Gasteiger partial charge in [0.2, 0.25) is 0 Å². The van der Waals surface area contributed by atoms with Crippen molar-refractivity contribution in [2.75, 3.05) is 32.8 Å². The number of hydrogen-bond acceptors (Lipinski definition) is 7. The maximum absolute atomic E-state index is 12.8. The molecule has 9 nitrogen and oxygen atoms in total. The van der Waals surface area contributed by atoms with Gasteiger partial charge in [0.25, 0.3) is 5.91 Å². The van der Waals surface area contributed by atoms with E-state index in [1.807, 2.05) is 46.8 Å². The topological polar surface area (TPSA) is 89.5 Å². The first kappa shape index (κ1) is 22.8. The van der Waals surface area contributed by atoms with Gasteiger partial charge in [-0.3, -0.25) is 9.69 Å². The van der Waals surface area contributed by atoms with Crippen molar-refractivity contribution in [1.29, 1.82) is 0 Å². The molecule has 3 heterocycles. The summed E-state index contributed by atoms with van der Waals surface area (Å²) in [4.78, 5) is 16.9. The van der Waals surface area contributed by atoms with Crippen molar-refractivity contribution in [3.05, 3.63) is 95.7 Å². The first-order valence-electron chi connectivity index (χ1n) is 11.8. The average Bonchev–Trinajstić information content (AvgIpc) is 3.59. The third-order valence-electron chi connectivity index (χ3n) is 6.18. The van der Waals surface area contributed by atoms with Gasteiger partial charge in [-0.2, -0.15) is 0 Å². The molecule has 0 N–H and O–H groups in total. The van der Waals surface area contributed by atoms with Crippen molar-refractivity contribution in [1.82, 2.24) is 30.0 Å². The van der Waals surface area contributed by atoms with Gasteiger partial charge in [0.1, 0.15) is 5.75 Å². The van der Waals surface area contributed by atoms with Gasteiger partial charge in [0.05, 0.1) is 25.5 Å². The molecular formula is C26H28N6O3. The van der Waals surface area contributed by atoms with Gasteiger partial charge < -0.3 is 14.1 Å². The van der Waals surface area contributed by atoms with Crippen molar-refractivity contribution in [3.8, 4) is 5.75 Å². The van der Waals surface area contributed by atoms with Crippen molar-refractivity contribution >= 4 is 5.91 Å². The summed E-state index contributed by atoms with van der Waals surface area (Å²) in [6.07, 6.45) is 1.53. The molecule has 0 spiro atoms. The minimum absolute atomic E-state index is 0.0822. The molecule has 1 aliphatic rings. The quantitative estimate of drug-likeness (QED) is 0.389. The van der Waals surface area contributed by atoms with Crippen LogP contribution in [0.15, 0.2) is 77.4 Å². The van der Waals surface area contributed by atoms with Gasteiger partial charge in [0.15, 0.2) is 11.6 Å². The van der Waals surface area contributed by atoms with Crippen LogP contribution in [0.2, 0.25) is 0 Å². The van der Waals surface area contributed by atoms with Crippen molar-refractivity contribution in [3.63, 3.8) is 0 Å². The fourth-order valence-electron chi connectivity index (χ4n) is 4.45. The van der Waals surface area contributed by atoms with E-state index in [0.29, 0.717) is 45.1 Å². The number of amides is 1. The second-order valence-electron chi connectivity index (χ2n) is 8.39. The molecular weight excluding hydrogens is 444 g/mol. The van der Waals surface area contributed by atoms with Crippen LogP contribution in [-0.2, 0) is 6.54 Å². The Kier molecular flexibility index (Phi) is 6.85. The van der Waals surface area contributed by atoms with E-state index >= 15 is 0 Å². The predicted molar refractivity (Wildman–Crippen MR) is 129 cm³/mol. The van der Waals surface area contributed by atoms with Crippen LogP contribution in [0.1, 0.15) is 40.5 Å². The van der Waals surface area contributed by atoms with Crippen molar-refractivity contribution < 1.29 is 13.9 Å². The van der Waals surface area contributed by atoms with E-state index in [1.54, 1.807) is 12.1 Å². The molecule has 4 aromatic rings. The Balaban J connectivity index is 1.41. The second-order valence-corrected chi connectivity index (χ2v) is 8.39. The Hall–Kier alpha value is -3.98. The number of aromatic nitrogens is 4. The molecule has 1 saturated heterocycles. The van der Waals surface area contributed by atoms with Gasteiger partial charge in [-0.25, -0.2) is 4.68 Å². The summed E-state index contributed by atoms with van der Waals surface area (Å²) in [5, 5.41) is 12.8. The van der Waals surface area contributed by atoms with Crippen LogP contribution in [0.3, 0.4) is 0 Å². The van der Waals surface area contributed by atoms with E-state index < -0.39 is 0 Å². The Bertz CT molecular complexity index is 1220. The summed E-state index contributed by atoms with van der Waals surface area (Å²) in [7, 11) is 0. The van der Waals surface area contributed by atoms with Crippen LogP contribution in [-0.4, -0.2) is 68.7 Å². The summed E-state index contributed by atoms with van der Waals surface area (Å²) in [6, 6.07) is 21.5. The third-order valence-corrected chi connectivity index (χ3v) is 6.18. The zero-order valence-electron chi connectivity index (χ0n) is 19.7. The van der Waals surface area contributed by atoms with Gasteiger partial charge in [-0.1, -0.05) is 42.5 Å². The molecule has 0 aliphatic carbocycles. The largest absolute Gasteiger partial charge is 0.494 e. The minimum Gasteiger partial charge on any atom is -0.494 e. The Morgan fingerprint density at radius 1 is 1.00 bits per heavy atom. The van der Waals surface area contributed by atoms with E-state index in [2.05, 4.69) is 44.7 Å². The Labute approximate surface area is 203 Å². The summed E-state index contributed by atoms with van der Waals surface area (Å²) in [5.41, 5.74) is 2.20. The average molecular weight is 473 g/mol. The highest BCUT2D eigenvalue weighted by Crippen LogP contribution is 2.30. The van der Waals surface area contributed by atoms with Crippen LogP contribution in [0.5, 0.6) is 5.75 Å². The molecule has 0 saturated carbocycles. The maximum Gasteiger partial charge on any atom is 0.289 e. The Morgan fingerprint density at radius 2 is 1.77 bits per heavy atom. The second kappa shape index (κ2) is 10.5. The fourth-order valence-corrected chi connectivity index (χ4v) is 4.45. The van der Waals surface area contributed by atoms with Gasteiger partial charge in [-0.05, 0) is 52.7 Å². The van der Waals surface area contributed by atoms with Crippen LogP contribution >= 0.6 is 0 Å².